The zero-order valence-corrected chi connectivity index (χ0v) is 7.19. The molecule has 63 valence electrons. The molecule has 0 aliphatic heterocycles. The van der Waals surface area contributed by atoms with Crippen molar-refractivity contribution in [1.82, 2.24) is 5.01 Å². The summed E-state index contributed by atoms with van der Waals surface area (Å²) in [6.45, 7) is 0. The Morgan fingerprint density at radius 2 is 1.92 bits per heavy atom. The molecule has 0 heterocycles. The van der Waals surface area contributed by atoms with Crippen molar-refractivity contribution >= 4 is 12.1 Å². The van der Waals surface area contributed by atoms with Crippen molar-refractivity contribution < 1.29 is 4.79 Å². The van der Waals surface area contributed by atoms with Crippen LogP contribution in [0, 0.1) is 6.07 Å². The second kappa shape index (κ2) is 3.88. The van der Waals surface area contributed by atoms with Crippen molar-refractivity contribution in [2.24, 2.45) is 0 Å². The molecule has 0 spiro atoms. The number of carbonyl (C=O) groups is 1. The Labute approximate surface area is 72.2 Å². The first-order chi connectivity index (χ1) is 5.75. The highest BCUT2D eigenvalue weighted by molar-refractivity contribution is 5.73. The first-order valence-corrected chi connectivity index (χ1v) is 3.63. The Morgan fingerprint density at radius 1 is 1.33 bits per heavy atom. The second-order valence-corrected chi connectivity index (χ2v) is 2.56. The Hall–Kier alpha value is -1.35. The van der Waals surface area contributed by atoms with Gasteiger partial charge in [-0.05, 0) is 18.2 Å². The van der Waals surface area contributed by atoms with E-state index in [0.717, 1.165) is 12.1 Å². The molecule has 0 saturated carbocycles. The van der Waals surface area contributed by atoms with Gasteiger partial charge in [-0.15, -0.1) is 0 Å². The largest absolute Gasteiger partial charge is 0.277 e. The van der Waals surface area contributed by atoms with Crippen LogP contribution >= 0.6 is 0 Å². The van der Waals surface area contributed by atoms with E-state index in [9.17, 15) is 4.79 Å². The molecule has 1 aromatic rings. The summed E-state index contributed by atoms with van der Waals surface area (Å²) in [7, 11) is 3.62. The molecule has 0 bridgehead atoms. The molecule has 1 amide bonds. The van der Waals surface area contributed by atoms with Gasteiger partial charge >= 0.3 is 0 Å². The van der Waals surface area contributed by atoms with Crippen LogP contribution in [0.3, 0.4) is 0 Å². The van der Waals surface area contributed by atoms with Gasteiger partial charge in [0.1, 0.15) is 0 Å². The van der Waals surface area contributed by atoms with Crippen molar-refractivity contribution in [3.05, 3.63) is 30.3 Å². The maximum atomic E-state index is 10.6. The number of hydrogen-bond donors (Lipinski definition) is 0. The molecule has 0 aliphatic rings. The summed E-state index contributed by atoms with van der Waals surface area (Å²) in [4.78, 5) is 10.6. The monoisotopic (exact) mass is 163 g/mol. The predicted octanol–water partition coefficient (Wildman–Crippen LogP) is 0.926. The van der Waals surface area contributed by atoms with Crippen LogP contribution in [0.15, 0.2) is 24.3 Å². The van der Waals surface area contributed by atoms with Crippen LogP contribution in [0.25, 0.3) is 0 Å². The molecular formula is C9H11N2O. The van der Waals surface area contributed by atoms with Crippen LogP contribution < -0.4 is 5.01 Å². The van der Waals surface area contributed by atoms with Crippen molar-refractivity contribution in [2.75, 3.05) is 19.1 Å². The minimum absolute atomic E-state index is 0.773. The normalized spacial score (nSPS) is 9.92. The number of hydrazine groups is 1. The number of anilines is 1. The summed E-state index contributed by atoms with van der Waals surface area (Å²) in [5, 5.41) is 3.22. The molecule has 0 N–H and O–H groups in total. The summed E-state index contributed by atoms with van der Waals surface area (Å²) in [6, 6.07) is 10.1. The minimum atomic E-state index is 0.773. The Bertz CT molecular complexity index is 246. The van der Waals surface area contributed by atoms with Crippen LogP contribution in [0.1, 0.15) is 0 Å². The molecule has 0 atom stereocenters. The van der Waals surface area contributed by atoms with E-state index < -0.39 is 0 Å². The fourth-order valence-corrected chi connectivity index (χ4v) is 0.917. The zero-order valence-electron chi connectivity index (χ0n) is 7.19. The number of rotatable bonds is 3. The third-order valence-corrected chi connectivity index (χ3v) is 1.50. The van der Waals surface area contributed by atoms with E-state index in [1.54, 1.807) is 17.1 Å². The summed E-state index contributed by atoms with van der Waals surface area (Å²) in [6.07, 6.45) is 0.773. The number of carbonyl (C=O) groups excluding carboxylic acids is 1. The van der Waals surface area contributed by atoms with Crippen LogP contribution in [0.2, 0.25) is 0 Å². The highest BCUT2D eigenvalue weighted by atomic mass is 16.1. The summed E-state index contributed by atoms with van der Waals surface area (Å²) >= 11 is 0. The van der Waals surface area contributed by atoms with Crippen molar-refractivity contribution in [3.63, 3.8) is 0 Å². The molecule has 0 saturated heterocycles. The average molecular weight is 163 g/mol. The molecule has 0 aliphatic carbocycles. The van der Waals surface area contributed by atoms with E-state index in [0.29, 0.717) is 0 Å². The van der Waals surface area contributed by atoms with E-state index >= 15 is 0 Å². The lowest BCUT2D eigenvalue weighted by Gasteiger charge is -2.23. The first-order valence-electron chi connectivity index (χ1n) is 3.63. The standard InChI is InChI=1S/C9H11N2O/c1-10(2)11(8-12)9-6-4-3-5-7-9/h4-8H,1-2H3. The lowest BCUT2D eigenvalue weighted by Crippen LogP contribution is -2.35. The van der Waals surface area contributed by atoms with Crippen molar-refractivity contribution in [2.45, 2.75) is 0 Å². The van der Waals surface area contributed by atoms with Gasteiger partial charge < -0.3 is 0 Å². The molecule has 1 radical (unpaired) electrons. The number of hydrogen-bond acceptors (Lipinski definition) is 2. The Kier molecular flexibility index (Phi) is 2.82. The lowest BCUT2D eigenvalue weighted by molar-refractivity contribution is -0.109. The minimum Gasteiger partial charge on any atom is -0.277 e. The van der Waals surface area contributed by atoms with Crippen LogP contribution in [0.4, 0.5) is 5.69 Å². The smallest absolute Gasteiger partial charge is 0.228 e. The van der Waals surface area contributed by atoms with E-state index in [1.807, 2.05) is 26.2 Å². The fraction of sp³-hybridized carbons (Fsp3) is 0.222. The zero-order chi connectivity index (χ0) is 8.97. The van der Waals surface area contributed by atoms with E-state index in [4.69, 9.17) is 0 Å². The number of nitrogens with zero attached hydrogens (tertiary/aromatic N) is 2. The lowest BCUT2D eigenvalue weighted by atomic mass is 10.3. The topological polar surface area (TPSA) is 23.6 Å². The molecule has 0 aromatic heterocycles. The quantitative estimate of drug-likeness (QED) is 0.489. The predicted molar refractivity (Wildman–Crippen MR) is 47.5 cm³/mol. The highest BCUT2D eigenvalue weighted by Gasteiger charge is 2.04. The van der Waals surface area contributed by atoms with Crippen molar-refractivity contribution in [3.8, 4) is 0 Å². The van der Waals surface area contributed by atoms with Gasteiger partial charge in [0.05, 0.1) is 5.69 Å². The van der Waals surface area contributed by atoms with E-state index in [1.165, 1.54) is 5.01 Å². The van der Waals surface area contributed by atoms with Gasteiger partial charge in [0.25, 0.3) is 0 Å². The molecule has 3 nitrogen and oxygen atoms in total. The summed E-state index contributed by atoms with van der Waals surface area (Å²) < 4.78 is 0. The Morgan fingerprint density at radius 3 is 2.33 bits per heavy atom. The summed E-state index contributed by atoms with van der Waals surface area (Å²) in [5.74, 6) is 0. The molecule has 1 rings (SSSR count). The SMILES string of the molecule is CN(C)N(C=O)c1cc[c]cc1. The molecule has 0 fully saturated rings. The van der Waals surface area contributed by atoms with Crippen LogP contribution in [-0.4, -0.2) is 25.5 Å². The molecule has 1 aromatic carbocycles. The Balaban J connectivity index is 2.88. The van der Waals surface area contributed by atoms with Gasteiger partial charge in [-0.2, -0.15) is 0 Å². The van der Waals surface area contributed by atoms with Gasteiger partial charge in [0.2, 0.25) is 6.41 Å². The molecular weight excluding hydrogens is 152 g/mol. The van der Waals surface area contributed by atoms with E-state index in [2.05, 4.69) is 6.07 Å². The maximum absolute atomic E-state index is 10.6. The average Bonchev–Trinajstić information content (AvgIpc) is 2.07. The number of amides is 1. The van der Waals surface area contributed by atoms with E-state index in [-0.39, 0.29) is 0 Å². The fourth-order valence-electron chi connectivity index (χ4n) is 0.917. The summed E-state index contributed by atoms with van der Waals surface area (Å²) in [5.41, 5.74) is 0.841. The van der Waals surface area contributed by atoms with Crippen LogP contribution in [0.5, 0.6) is 0 Å². The highest BCUT2D eigenvalue weighted by Crippen LogP contribution is 2.10. The van der Waals surface area contributed by atoms with Crippen molar-refractivity contribution in [1.29, 1.82) is 0 Å². The van der Waals surface area contributed by atoms with Gasteiger partial charge in [-0.1, -0.05) is 12.1 Å². The number of benzene rings is 1. The second-order valence-electron chi connectivity index (χ2n) is 2.56. The maximum Gasteiger partial charge on any atom is 0.228 e. The van der Waals surface area contributed by atoms with Gasteiger partial charge in [0, 0.05) is 14.1 Å². The third kappa shape index (κ3) is 1.83. The van der Waals surface area contributed by atoms with Gasteiger partial charge in [-0.3, -0.25) is 4.79 Å². The molecule has 12 heavy (non-hydrogen) atoms. The molecule has 3 heteroatoms. The van der Waals surface area contributed by atoms with Gasteiger partial charge in [0.15, 0.2) is 0 Å². The van der Waals surface area contributed by atoms with Gasteiger partial charge in [-0.25, -0.2) is 10.0 Å². The molecule has 0 unspecified atom stereocenters. The van der Waals surface area contributed by atoms with Crippen LogP contribution in [-0.2, 0) is 4.79 Å². The third-order valence-electron chi connectivity index (χ3n) is 1.50. The first kappa shape index (κ1) is 8.74.